The maximum absolute atomic E-state index is 11.9. The largest absolute Gasteiger partial charge is 0.326 e. The second-order valence-corrected chi connectivity index (χ2v) is 6.75. The Hall–Kier alpha value is -1.27. The molecule has 0 bridgehead atoms. The number of alkyl halides is 1. The van der Waals surface area contributed by atoms with E-state index in [0.717, 1.165) is 5.56 Å². The van der Waals surface area contributed by atoms with Crippen LogP contribution in [0.15, 0.2) is 18.2 Å². The predicted octanol–water partition coefficient (Wildman–Crippen LogP) is 2.71. The van der Waals surface area contributed by atoms with Crippen LogP contribution >= 0.6 is 11.6 Å². The van der Waals surface area contributed by atoms with Crippen LogP contribution in [0.25, 0.3) is 0 Å². The van der Waals surface area contributed by atoms with Crippen LogP contribution in [0.4, 0.5) is 11.4 Å². The minimum atomic E-state index is -3.39. The van der Waals surface area contributed by atoms with E-state index in [9.17, 15) is 13.2 Å². The summed E-state index contributed by atoms with van der Waals surface area (Å²) in [7, 11) is -3.39. The fraction of sp³-hybridized carbons (Fsp3) is 0.462. The summed E-state index contributed by atoms with van der Waals surface area (Å²) in [4.78, 5) is 11.1. The monoisotopic (exact) mass is 318 g/mol. The Kier molecular flexibility index (Phi) is 6.29. The quantitative estimate of drug-likeness (QED) is 0.599. The number of halogens is 1. The van der Waals surface area contributed by atoms with Gasteiger partial charge in [-0.3, -0.25) is 9.52 Å². The van der Waals surface area contributed by atoms with Crippen molar-refractivity contribution in [1.29, 1.82) is 0 Å². The van der Waals surface area contributed by atoms with Gasteiger partial charge in [-0.25, -0.2) is 8.42 Å². The molecule has 112 valence electrons. The van der Waals surface area contributed by atoms with Gasteiger partial charge in [-0.2, -0.15) is 0 Å². The number of hydrogen-bond donors (Lipinski definition) is 2. The molecule has 7 heteroatoms. The highest BCUT2D eigenvalue weighted by atomic mass is 35.5. The number of hydrogen-bond acceptors (Lipinski definition) is 3. The van der Waals surface area contributed by atoms with E-state index in [1.165, 1.54) is 6.92 Å². The van der Waals surface area contributed by atoms with Gasteiger partial charge in [0.25, 0.3) is 0 Å². The number of carbonyl (C=O) groups excluding carboxylic acids is 1. The number of anilines is 2. The van der Waals surface area contributed by atoms with Crippen molar-refractivity contribution >= 4 is 38.9 Å². The van der Waals surface area contributed by atoms with Gasteiger partial charge in [-0.1, -0.05) is 6.07 Å². The number of aryl methyl sites for hydroxylation is 1. The van der Waals surface area contributed by atoms with Gasteiger partial charge in [0.05, 0.1) is 11.4 Å². The van der Waals surface area contributed by atoms with Crippen LogP contribution in [0.1, 0.15) is 25.3 Å². The Morgan fingerprint density at radius 1 is 1.30 bits per heavy atom. The molecule has 0 aliphatic carbocycles. The molecule has 1 aromatic carbocycles. The first kappa shape index (κ1) is 16.8. The SMILES string of the molecule is CC(=O)Nc1cc(NS(=O)(=O)CCCCCl)ccc1C. The van der Waals surface area contributed by atoms with Gasteiger partial charge in [0, 0.05) is 18.5 Å². The van der Waals surface area contributed by atoms with Crippen molar-refractivity contribution in [1.82, 2.24) is 0 Å². The number of amides is 1. The van der Waals surface area contributed by atoms with Crippen molar-refractivity contribution in [2.75, 3.05) is 21.7 Å². The molecule has 1 aromatic rings. The summed E-state index contributed by atoms with van der Waals surface area (Å²) in [6, 6.07) is 5.03. The van der Waals surface area contributed by atoms with Crippen molar-refractivity contribution in [2.45, 2.75) is 26.7 Å². The Labute approximate surface area is 124 Å². The van der Waals surface area contributed by atoms with Crippen LogP contribution < -0.4 is 10.0 Å². The molecule has 0 unspecified atom stereocenters. The second kappa shape index (κ2) is 7.50. The van der Waals surface area contributed by atoms with Gasteiger partial charge < -0.3 is 5.32 Å². The maximum Gasteiger partial charge on any atom is 0.232 e. The summed E-state index contributed by atoms with van der Waals surface area (Å²) in [5.41, 5.74) is 1.90. The average Bonchev–Trinajstić information content (AvgIpc) is 2.32. The zero-order valence-corrected chi connectivity index (χ0v) is 13.1. The molecule has 0 saturated heterocycles. The number of nitrogens with one attached hydrogen (secondary N) is 2. The zero-order valence-electron chi connectivity index (χ0n) is 11.6. The molecule has 2 N–H and O–H groups in total. The fourth-order valence-corrected chi connectivity index (χ4v) is 2.99. The van der Waals surface area contributed by atoms with E-state index >= 15 is 0 Å². The van der Waals surface area contributed by atoms with Crippen LogP contribution in [0.5, 0.6) is 0 Å². The number of rotatable bonds is 7. The van der Waals surface area contributed by atoms with Crippen LogP contribution in [0.3, 0.4) is 0 Å². The van der Waals surface area contributed by atoms with E-state index in [-0.39, 0.29) is 11.7 Å². The predicted molar refractivity (Wildman–Crippen MR) is 82.8 cm³/mol. The van der Waals surface area contributed by atoms with Crippen LogP contribution in [-0.2, 0) is 14.8 Å². The lowest BCUT2D eigenvalue weighted by Gasteiger charge is -2.11. The molecule has 0 saturated carbocycles. The molecule has 0 atom stereocenters. The molecule has 1 amide bonds. The minimum Gasteiger partial charge on any atom is -0.326 e. The first-order valence-corrected chi connectivity index (χ1v) is 8.47. The lowest BCUT2D eigenvalue weighted by Crippen LogP contribution is -2.17. The van der Waals surface area contributed by atoms with Gasteiger partial charge in [-0.05, 0) is 37.5 Å². The first-order chi connectivity index (χ1) is 9.34. The topological polar surface area (TPSA) is 75.3 Å². The highest BCUT2D eigenvalue weighted by molar-refractivity contribution is 7.92. The van der Waals surface area contributed by atoms with Gasteiger partial charge in [0.2, 0.25) is 15.9 Å². The van der Waals surface area contributed by atoms with Crippen LogP contribution in [0.2, 0.25) is 0 Å². The maximum atomic E-state index is 11.9. The number of benzene rings is 1. The number of unbranched alkanes of at least 4 members (excludes halogenated alkanes) is 1. The molecule has 0 spiro atoms. The Morgan fingerprint density at radius 3 is 2.60 bits per heavy atom. The molecule has 20 heavy (non-hydrogen) atoms. The Bertz CT molecular complexity index is 573. The summed E-state index contributed by atoms with van der Waals surface area (Å²) in [6.07, 6.45) is 1.18. The Morgan fingerprint density at radius 2 is 2.00 bits per heavy atom. The molecule has 0 heterocycles. The molecule has 0 fully saturated rings. The van der Waals surface area contributed by atoms with Crippen molar-refractivity contribution in [2.24, 2.45) is 0 Å². The molecule has 0 aliphatic rings. The van der Waals surface area contributed by atoms with Crippen molar-refractivity contribution < 1.29 is 13.2 Å². The van der Waals surface area contributed by atoms with E-state index in [1.54, 1.807) is 18.2 Å². The highest BCUT2D eigenvalue weighted by Crippen LogP contribution is 2.21. The first-order valence-electron chi connectivity index (χ1n) is 6.29. The third kappa shape index (κ3) is 5.79. The van der Waals surface area contributed by atoms with Crippen molar-refractivity contribution in [3.63, 3.8) is 0 Å². The molecule has 0 aliphatic heterocycles. The van der Waals surface area contributed by atoms with E-state index in [0.29, 0.717) is 30.1 Å². The summed E-state index contributed by atoms with van der Waals surface area (Å²) in [5, 5.41) is 2.66. The minimum absolute atomic E-state index is 0.0308. The molecular formula is C13H19ClN2O3S. The fourth-order valence-electron chi connectivity index (χ4n) is 1.63. The van der Waals surface area contributed by atoms with E-state index in [4.69, 9.17) is 11.6 Å². The van der Waals surface area contributed by atoms with Crippen LogP contribution in [0, 0.1) is 6.92 Å². The normalized spacial score (nSPS) is 11.2. The second-order valence-electron chi connectivity index (χ2n) is 4.53. The van der Waals surface area contributed by atoms with Crippen LogP contribution in [-0.4, -0.2) is 26.0 Å². The molecule has 5 nitrogen and oxygen atoms in total. The smallest absolute Gasteiger partial charge is 0.232 e. The lowest BCUT2D eigenvalue weighted by atomic mass is 10.2. The van der Waals surface area contributed by atoms with Crippen molar-refractivity contribution in [3.8, 4) is 0 Å². The lowest BCUT2D eigenvalue weighted by molar-refractivity contribution is -0.114. The van der Waals surface area contributed by atoms with E-state index < -0.39 is 10.0 Å². The number of sulfonamides is 1. The zero-order chi connectivity index (χ0) is 15.2. The number of carbonyl (C=O) groups is 1. The van der Waals surface area contributed by atoms with Crippen molar-refractivity contribution in [3.05, 3.63) is 23.8 Å². The van der Waals surface area contributed by atoms with Gasteiger partial charge in [0.1, 0.15) is 0 Å². The summed E-state index contributed by atoms with van der Waals surface area (Å²) in [6.45, 7) is 3.24. The molecular weight excluding hydrogens is 300 g/mol. The van der Waals surface area contributed by atoms with Gasteiger partial charge in [-0.15, -0.1) is 11.6 Å². The molecule has 0 radical (unpaired) electrons. The highest BCUT2D eigenvalue weighted by Gasteiger charge is 2.11. The standard InChI is InChI=1S/C13H19ClN2O3S/c1-10-5-6-12(9-13(10)15-11(2)17)16-20(18,19)8-4-3-7-14/h5-6,9,16H,3-4,7-8H2,1-2H3,(H,15,17). The molecule has 1 rings (SSSR count). The third-order valence-corrected chi connectivity index (χ3v) is 4.26. The third-order valence-electron chi connectivity index (χ3n) is 2.62. The Balaban J connectivity index is 2.79. The summed E-state index contributed by atoms with van der Waals surface area (Å²) in [5.74, 6) is 0.283. The molecule has 0 aromatic heterocycles. The van der Waals surface area contributed by atoms with E-state index in [1.807, 2.05) is 6.92 Å². The van der Waals surface area contributed by atoms with Gasteiger partial charge >= 0.3 is 0 Å². The summed E-state index contributed by atoms with van der Waals surface area (Å²) < 4.78 is 26.2. The van der Waals surface area contributed by atoms with Gasteiger partial charge in [0.15, 0.2) is 0 Å². The summed E-state index contributed by atoms with van der Waals surface area (Å²) >= 11 is 5.52. The van der Waals surface area contributed by atoms with E-state index in [2.05, 4.69) is 10.0 Å². The average molecular weight is 319 g/mol.